The van der Waals surface area contributed by atoms with Gasteiger partial charge in [-0.05, 0) is 49.2 Å². The van der Waals surface area contributed by atoms with Crippen LogP contribution in [-0.4, -0.2) is 48.3 Å². The highest BCUT2D eigenvalue weighted by Crippen LogP contribution is 2.24. The van der Waals surface area contributed by atoms with E-state index in [9.17, 15) is 4.79 Å². The van der Waals surface area contributed by atoms with Crippen LogP contribution >= 0.6 is 0 Å². The molecule has 1 saturated heterocycles. The van der Waals surface area contributed by atoms with Crippen molar-refractivity contribution in [1.29, 1.82) is 0 Å². The van der Waals surface area contributed by atoms with E-state index in [1.807, 2.05) is 31.5 Å². The molecular formula is C21H27N3O3. The summed E-state index contributed by atoms with van der Waals surface area (Å²) >= 11 is 0. The van der Waals surface area contributed by atoms with Crippen LogP contribution in [0.4, 0.5) is 11.4 Å². The van der Waals surface area contributed by atoms with Crippen LogP contribution in [0.5, 0.6) is 5.75 Å². The first kappa shape index (κ1) is 19.0. The van der Waals surface area contributed by atoms with Crippen molar-refractivity contribution in [3.05, 3.63) is 48.8 Å². The van der Waals surface area contributed by atoms with Crippen molar-refractivity contribution in [2.45, 2.75) is 32.3 Å². The molecule has 144 valence electrons. The van der Waals surface area contributed by atoms with Crippen LogP contribution in [0, 0.1) is 0 Å². The van der Waals surface area contributed by atoms with Crippen LogP contribution in [0.15, 0.2) is 48.8 Å². The van der Waals surface area contributed by atoms with Gasteiger partial charge in [0.25, 0.3) is 0 Å². The maximum absolute atomic E-state index is 10.7. The number of ether oxygens (including phenoxy) is 1. The fourth-order valence-electron chi connectivity index (χ4n) is 3.34. The molecule has 2 heterocycles. The SMILES string of the molecule is CCC(CCC(=O)O)Oc1ccc(N2CCN(c3ccncc3)CC2)cc1. The molecule has 1 unspecified atom stereocenters. The number of rotatable bonds is 8. The second-order valence-corrected chi connectivity index (χ2v) is 6.75. The van der Waals surface area contributed by atoms with Crippen LogP contribution in [0.3, 0.4) is 0 Å². The number of aliphatic carboxylic acids is 1. The van der Waals surface area contributed by atoms with Gasteiger partial charge in [-0.25, -0.2) is 0 Å². The Bertz CT molecular complexity index is 713. The van der Waals surface area contributed by atoms with Crippen molar-refractivity contribution in [1.82, 2.24) is 4.98 Å². The number of anilines is 2. The summed E-state index contributed by atoms with van der Waals surface area (Å²) in [5.74, 6) is 0.0183. The predicted molar refractivity (Wildman–Crippen MR) is 107 cm³/mol. The van der Waals surface area contributed by atoms with Gasteiger partial charge in [-0.1, -0.05) is 6.92 Å². The minimum absolute atomic E-state index is 0.0594. The van der Waals surface area contributed by atoms with E-state index >= 15 is 0 Å². The van der Waals surface area contributed by atoms with E-state index in [4.69, 9.17) is 9.84 Å². The molecule has 1 aromatic heterocycles. The molecule has 1 fully saturated rings. The number of nitrogens with zero attached hydrogens (tertiary/aromatic N) is 3. The van der Waals surface area contributed by atoms with Crippen molar-refractivity contribution in [2.75, 3.05) is 36.0 Å². The maximum Gasteiger partial charge on any atom is 0.303 e. The lowest BCUT2D eigenvalue weighted by molar-refractivity contribution is -0.137. The Morgan fingerprint density at radius 1 is 1.04 bits per heavy atom. The summed E-state index contributed by atoms with van der Waals surface area (Å²) in [5, 5.41) is 8.83. The molecule has 6 heteroatoms. The fourth-order valence-corrected chi connectivity index (χ4v) is 3.34. The Morgan fingerprint density at radius 3 is 2.11 bits per heavy atom. The maximum atomic E-state index is 10.7. The molecule has 1 aliphatic heterocycles. The molecule has 2 aromatic rings. The zero-order valence-corrected chi connectivity index (χ0v) is 15.8. The smallest absolute Gasteiger partial charge is 0.303 e. The van der Waals surface area contributed by atoms with Crippen LogP contribution in [0.25, 0.3) is 0 Å². The average molecular weight is 369 g/mol. The third-order valence-electron chi connectivity index (χ3n) is 4.95. The zero-order chi connectivity index (χ0) is 19.1. The first-order valence-corrected chi connectivity index (χ1v) is 9.54. The number of carboxylic acid groups (broad SMARTS) is 1. The summed E-state index contributed by atoms with van der Waals surface area (Å²) in [5.41, 5.74) is 2.41. The highest BCUT2D eigenvalue weighted by atomic mass is 16.5. The van der Waals surface area contributed by atoms with Crippen LogP contribution < -0.4 is 14.5 Å². The molecule has 1 aliphatic rings. The van der Waals surface area contributed by atoms with Crippen molar-refractivity contribution < 1.29 is 14.6 Å². The Morgan fingerprint density at radius 2 is 1.59 bits per heavy atom. The Kier molecular flexibility index (Phi) is 6.52. The number of pyridine rings is 1. The van der Waals surface area contributed by atoms with Gasteiger partial charge >= 0.3 is 5.97 Å². The van der Waals surface area contributed by atoms with Gasteiger partial charge in [0.15, 0.2) is 0 Å². The lowest BCUT2D eigenvalue weighted by Crippen LogP contribution is -2.46. The van der Waals surface area contributed by atoms with Gasteiger partial charge in [0, 0.05) is 56.4 Å². The summed E-state index contributed by atoms with van der Waals surface area (Å²) in [6.45, 7) is 5.92. The average Bonchev–Trinajstić information content (AvgIpc) is 2.72. The van der Waals surface area contributed by atoms with Gasteiger partial charge in [-0.15, -0.1) is 0 Å². The summed E-state index contributed by atoms with van der Waals surface area (Å²) in [6.07, 6.45) is 5.08. The van der Waals surface area contributed by atoms with Crippen LogP contribution in [0.2, 0.25) is 0 Å². The van der Waals surface area contributed by atoms with Gasteiger partial charge < -0.3 is 19.6 Å². The monoisotopic (exact) mass is 369 g/mol. The third kappa shape index (κ3) is 5.36. The van der Waals surface area contributed by atoms with E-state index in [-0.39, 0.29) is 12.5 Å². The highest BCUT2D eigenvalue weighted by molar-refractivity contribution is 5.66. The summed E-state index contributed by atoms with van der Waals surface area (Å²) < 4.78 is 5.94. The summed E-state index contributed by atoms with van der Waals surface area (Å²) in [4.78, 5) is 19.6. The third-order valence-corrected chi connectivity index (χ3v) is 4.95. The van der Waals surface area contributed by atoms with Gasteiger partial charge in [0.2, 0.25) is 0 Å². The van der Waals surface area contributed by atoms with Crippen LogP contribution in [0.1, 0.15) is 26.2 Å². The largest absolute Gasteiger partial charge is 0.490 e. The van der Waals surface area contributed by atoms with Crippen molar-refractivity contribution in [2.24, 2.45) is 0 Å². The van der Waals surface area contributed by atoms with E-state index in [1.54, 1.807) is 0 Å². The molecule has 0 amide bonds. The predicted octanol–water partition coefficient (Wildman–Crippen LogP) is 3.43. The molecule has 0 aliphatic carbocycles. The van der Waals surface area contributed by atoms with Crippen molar-refractivity contribution in [3.8, 4) is 5.75 Å². The lowest BCUT2D eigenvalue weighted by Gasteiger charge is -2.37. The molecule has 6 nitrogen and oxygen atoms in total. The first-order valence-electron chi connectivity index (χ1n) is 9.54. The van der Waals surface area contributed by atoms with E-state index in [1.165, 1.54) is 11.4 Å². The molecule has 0 saturated carbocycles. The topological polar surface area (TPSA) is 65.9 Å². The van der Waals surface area contributed by atoms with E-state index in [0.29, 0.717) is 6.42 Å². The molecule has 0 radical (unpaired) electrons. The summed E-state index contributed by atoms with van der Waals surface area (Å²) in [7, 11) is 0. The fraction of sp³-hybridized carbons (Fsp3) is 0.429. The molecule has 1 N–H and O–H groups in total. The van der Waals surface area contributed by atoms with Crippen molar-refractivity contribution >= 4 is 17.3 Å². The van der Waals surface area contributed by atoms with E-state index < -0.39 is 5.97 Å². The number of hydrogen-bond acceptors (Lipinski definition) is 5. The minimum atomic E-state index is -0.779. The quantitative estimate of drug-likeness (QED) is 0.769. The standard InChI is InChI=1S/C21H27N3O3/c1-2-19(7-8-21(25)26)27-20-5-3-17(4-6-20)23-13-15-24(16-14-23)18-9-11-22-12-10-18/h3-6,9-12,19H,2,7-8,13-16H2,1H3,(H,25,26). The zero-order valence-electron chi connectivity index (χ0n) is 15.8. The normalized spacial score (nSPS) is 15.4. The number of carboxylic acids is 1. The molecule has 1 atom stereocenters. The Labute approximate surface area is 160 Å². The van der Waals surface area contributed by atoms with Gasteiger partial charge in [0.1, 0.15) is 5.75 Å². The van der Waals surface area contributed by atoms with E-state index in [2.05, 4.69) is 39.0 Å². The second kappa shape index (κ2) is 9.26. The molecule has 0 bridgehead atoms. The number of piperazine rings is 1. The molecular weight excluding hydrogens is 342 g/mol. The number of carbonyl (C=O) groups is 1. The lowest BCUT2D eigenvalue weighted by atomic mass is 10.1. The molecule has 27 heavy (non-hydrogen) atoms. The summed E-state index contributed by atoms with van der Waals surface area (Å²) in [6, 6.07) is 12.2. The number of aromatic nitrogens is 1. The first-order chi connectivity index (χ1) is 13.2. The number of hydrogen-bond donors (Lipinski definition) is 1. The minimum Gasteiger partial charge on any atom is -0.490 e. The van der Waals surface area contributed by atoms with Crippen LogP contribution in [-0.2, 0) is 4.79 Å². The van der Waals surface area contributed by atoms with Crippen molar-refractivity contribution in [3.63, 3.8) is 0 Å². The molecule has 0 spiro atoms. The Hall–Kier alpha value is -2.76. The van der Waals surface area contributed by atoms with Gasteiger partial charge in [-0.2, -0.15) is 0 Å². The number of benzene rings is 1. The molecule has 3 rings (SSSR count). The highest BCUT2D eigenvalue weighted by Gasteiger charge is 2.18. The molecule has 1 aromatic carbocycles. The van der Waals surface area contributed by atoms with E-state index in [0.717, 1.165) is 38.3 Å². The van der Waals surface area contributed by atoms with Gasteiger partial charge in [0.05, 0.1) is 6.10 Å². The van der Waals surface area contributed by atoms with Gasteiger partial charge in [-0.3, -0.25) is 9.78 Å². The Balaban J connectivity index is 1.52. The second-order valence-electron chi connectivity index (χ2n) is 6.75.